The number of aliphatic carboxylic acids is 1. The van der Waals surface area contributed by atoms with Gasteiger partial charge in [0.05, 0.1) is 0 Å². The minimum absolute atomic E-state index is 0.119. The zero-order valence-electron chi connectivity index (χ0n) is 11.3. The summed E-state index contributed by atoms with van der Waals surface area (Å²) in [7, 11) is -3.72. The molecule has 108 valence electrons. The summed E-state index contributed by atoms with van der Waals surface area (Å²) in [5.41, 5.74) is 0.467. The number of carboxylic acid groups (broad SMARTS) is 1. The number of hydrogen-bond donors (Lipinski definition) is 1. The van der Waals surface area contributed by atoms with E-state index in [1.54, 1.807) is 18.2 Å². The van der Waals surface area contributed by atoms with Crippen LogP contribution >= 0.6 is 0 Å². The maximum absolute atomic E-state index is 12.0. The van der Waals surface area contributed by atoms with Gasteiger partial charge < -0.3 is 10.0 Å². The Kier molecular flexibility index (Phi) is 3.80. The molecule has 0 fully saturated rings. The SMILES string of the molecule is CCC(C)N(CC(=O)O)C1=NS(=O)(=O)c2ccccc21. The summed E-state index contributed by atoms with van der Waals surface area (Å²) in [4.78, 5) is 12.7. The highest BCUT2D eigenvalue weighted by atomic mass is 32.2. The molecule has 0 amide bonds. The maximum Gasteiger partial charge on any atom is 0.323 e. The van der Waals surface area contributed by atoms with Crippen LogP contribution < -0.4 is 0 Å². The van der Waals surface area contributed by atoms with Crippen molar-refractivity contribution in [2.75, 3.05) is 6.54 Å². The van der Waals surface area contributed by atoms with Crippen molar-refractivity contribution in [2.45, 2.75) is 31.2 Å². The molecule has 1 N–H and O–H groups in total. The lowest BCUT2D eigenvalue weighted by molar-refractivity contribution is -0.137. The van der Waals surface area contributed by atoms with Gasteiger partial charge in [0, 0.05) is 11.6 Å². The summed E-state index contributed by atoms with van der Waals surface area (Å²) in [6.45, 7) is 3.48. The van der Waals surface area contributed by atoms with E-state index >= 15 is 0 Å². The Morgan fingerprint density at radius 2 is 2.05 bits per heavy atom. The molecule has 1 aromatic carbocycles. The number of carboxylic acids is 1. The fourth-order valence-corrected chi connectivity index (χ4v) is 3.32. The lowest BCUT2D eigenvalue weighted by Crippen LogP contribution is -2.41. The average molecular weight is 296 g/mol. The number of hydrogen-bond acceptors (Lipinski definition) is 4. The second-order valence-corrected chi connectivity index (χ2v) is 6.24. The number of carbonyl (C=O) groups is 1. The molecule has 0 saturated carbocycles. The molecule has 2 rings (SSSR count). The average Bonchev–Trinajstić information content (AvgIpc) is 2.67. The van der Waals surface area contributed by atoms with Gasteiger partial charge in [0.15, 0.2) is 5.84 Å². The van der Waals surface area contributed by atoms with Crippen LogP contribution in [-0.2, 0) is 14.8 Å². The van der Waals surface area contributed by atoms with Gasteiger partial charge in [0.25, 0.3) is 10.0 Å². The molecule has 0 saturated heterocycles. The van der Waals surface area contributed by atoms with Gasteiger partial charge in [-0.15, -0.1) is 4.40 Å². The minimum Gasteiger partial charge on any atom is -0.480 e. The van der Waals surface area contributed by atoms with Crippen LogP contribution in [0, 0.1) is 0 Å². The van der Waals surface area contributed by atoms with Crippen LogP contribution in [0.4, 0.5) is 0 Å². The Hall–Kier alpha value is -1.89. The van der Waals surface area contributed by atoms with Crippen molar-refractivity contribution in [1.82, 2.24) is 4.90 Å². The molecule has 0 aliphatic carbocycles. The molecule has 1 aromatic rings. The Morgan fingerprint density at radius 1 is 1.40 bits per heavy atom. The van der Waals surface area contributed by atoms with E-state index < -0.39 is 16.0 Å². The summed E-state index contributed by atoms with van der Waals surface area (Å²) >= 11 is 0. The maximum atomic E-state index is 12.0. The highest BCUT2D eigenvalue weighted by Gasteiger charge is 2.33. The van der Waals surface area contributed by atoms with Gasteiger partial charge in [-0.3, -0.25) is 4.79 Å². The largest absolute Gasteiger partial charge is 0.480 e. The molecule has 0 spiro atoms. The van der Waals surface area contributed by atoms with Crippen LogP contribution in [0.3, 0.4) is 0 Å². The number of sulfonamides is 1. The van der Waals surface area contributed by atoms with Gasteiger partial charge >= 0.3 is 5.97 Å². The van der Waals surface area contributed by atoms with E-state index in [1.165, 1.54) is 11.0 Å². The summed E-state index contributed by atoms with van der Waals surface area (Å²) in [5, 5.41) is 9.02. The van der Waals surface area contributed by atoms with Crippen molar-refractivity contribution in [3.63, 3.8) is 0 Å². The first-order valence-electron chi connectivity index (χ1n) is 6.29. The third-order valence-electron chi connectivity index (χ3n) is 3.31. The molecule has 1 aliphatic rings. The molecule has 0 radical (unpaired) electrons. The normalized spacial score (nSPS) is 17.2. The summed E-state index contributed by atoms with van der Waals surface area (Å²) in [6.07, 6.45) is 0.689. The fourth-order valence-electron chi connectivity index (χ4n) is 2.10. The van der Waals surface area contributed by atoms with Crippen LogP contribution in [0.25, 0.3) is 0 Å². The molecular formula is C13H16N2O4S. The predicted molar refractivity (Wildman–Crippen MR) is 74.3 cm³/mol. The summed E-state index contributed by atoms with van der Waals surface area (Å²) in [5.74, 6) is -0.799. The molecule has 0 bridgehead atoms. The predicted octanol–water partition coefficient (Wildman–Crippen LogP) is 1.32. The smallest absolute Gasteiger partial charge is 0.323 e. The molecule has 0 aromatic heterocycles. The number of amidine groups is 1. The molecule has 20 heavy (non-hydrogen) atoms. The van der Waals surface area contributed by atoms with Crippen LogP contribution in [0.1, 0.15) is 25.8 Å². The Morgan fingerprint density at radius 3 is 2.65 bits per heavy atom. The second-order valence-electron chi connectivity index (χ2n) is 4.67. The van der Waals surface area contributed by atoms with Crippen LogP contribution in [0.2, 0.25) is 0 Å². The quantitative estimate of drug-likeness (QED) is 0.905. The lowest BCUT2D eigenvalue weighted by Gasteiger charge is -2.28. The highest BCUT2D eigenvalue weighted by molar-refractivity contribution is 7.90. The summed E-state index contributed by atoms with van der Waals surface area (Å²) in [6, 6.07) is 6.35. The monoisotopic (exact) mass is 296 g/mol. The molecular weight excluding hydrogens is 280 g/mol. The molecule has 1 unspecified atom stereocenters. The Bertz CT molecular complexity index is 667. The first kappa shape index (κ1) is 14.5. The van der Waals surface area contributed by atoms with Crippen molar-refractivity contribution in [1.29, 1.82) is 0 Å². The van der Waals surface area contributed by atoms with Crippen molar-refractivity contribution in [2.24, 2.45) is 4.40 Å². The number of nitrogens with zero attached hydrogens (tertiary/aromatic N) is 2. The molecule has 1 atom stereocenters. The number of benzene rings is 1. The zero-order chi connectivity index (χ0) is 14.9. The van der Waals surface area contributed by atoms with Crippen LogP contribution in [0.15, 0.2) is 33.6 Å². The van der Waals surface area contributed by atoms with Gasteiger partial charge in [-0.25, -0.2) is 0 Å². The minimum atomic E-state index is -3.72. The number of rotatable bonds is 4. The lowest BCUT2D eigenvalue weighted by atomic mass is 10.1. The van der Waals surface area contributed by atoms with E-state index in [4.69, 9.17) is 5.11 Å². The van der Waals surface area contributed by atoms with E-state index in [2.05, 4.69) is 4.40 Å². The second kappa shape index (κ2) is 5.24. The van der Waals surface area contributed by atoms with Gasteiger partial charge in [-0.1, -0.05) is 19.1 Å². The van der Waals surface area contributed by atoms with E-state index in [0.29, 0.717) is 12.0 Å². The van der Waals surface area contributed by atoms with Gasteiger partial charge in [-0.05, 0) is 25.5 Å². The molecule has 1 heterocycles. The molecule has 1 aliphatic heterocycles. The first-order valence-corrected chi connectivity index (χ1v) is 7.73. The first-order chi connectivity index (χ1) is 9.36. The van der Waals surface area contributed by atoms with E-state index in [9.17, 15) is 13.2 Å². The Labute approximate surface area is 117 Å². The number of fused-ring (bicyclic) bond motifs is 1. The van der Waals surface area contributed by atoms with E-state index in [-0.39, 0.29) is 23.3 Å². The van der Waals surface area contributed by atoms with Crippen LogP contribution in [-0.4, -0.2) is 42.8 Å². The zero-order valence-corrected chi connectivity index (χ0v) is 12.1. The van der Waals surface area contributed by atoms with E-state index in [0.717, 1.165) is 0 Å². The Balaban J connectivity index is 2.53. The standard InChI is InChI=1S/C13H16N2O4S/c1-3-9(2)15(8-12(16)17)13-10-6-4-5-7-11(10)20(18,19)14-13/h4-7,9H,3,8H2,1-2H3,(H,16,17). The van der Waals surface area contributed by atoms with Gasteiger partial charge in [0.2, 0.25) is 0 Å². The molecule has 7 heteroatoms. The van der Waals surface area contributed by atoms with Crippen molar-refractivity contribution in [3.05, 3.63) is 29.8 Å². The van der Waals surface area contributed by atoms with Crippen molar-refractivity contribution < 1.29 is 18.3 Å². The van der Waals surface area contributed by atoms with Crippen LogP contribution in [0.5, 0.6) is 0 Å². The third-order valence-corrected chi connectivity index (χ3v) is 4.64. The highest BCUT2D eigenvalue weighted by Crippen LogP contribution is 2.28. The van der Waals surface area contributed by atoms with E-state index in [1.807, 2.05) is 13.8 Å². The van der Waals surface area contributed by atoms with Crippen molar-refractivity contribution >= 4 is 21.8 Å². The molecule has 6 nitrogen and oxygen atoms in total. The topological polar surface area (TPSA) is 87.0 Å². The fraction of sp³-hybridized carbons (Fsp3) is 0.385. The van der Waals surface area contributed by atoms with Gasteiger partial charge in [0.1, 0.15) is 11.4 Å². The van der Waals surface area contributed by atoms with Gasteiger partial charge in [-0.2, -0.15) is 8.42 Å². The van der Waals surface area contributed by atoms with Crippen molar-refractivity contribution in [3.8, 4) is 0 Å². The summed E-state index contributed by atoms with van der Waals surface area (Å²) < 4.78 is 27.8. The third kappa shape index (κ3) is 2.53.